The molecule has 0 unspecified atom stereocenters. The van der Waals surface area contributed by atoms with E-state index < -0.39 is 10.0 Å². The first-order valence-electron chi connectivity index (χ1n) is 9.22. The monoisotopic (exact) mass is 365 g/mol. The zero-order chi connectivity index (χ0) is 17.7. The van der Waals surface area contributed by atoms with Crippen molar-refractivity contribution in [1.29, 1.82) is 0 Å². The van der Waals surface area contributed by atoms with Gasteiger partial charge in [-0.05, 0) is 51.0 Å². The summed E-state index contributed by atoms with van der Waals surface area (Å²) in [6.45, 7) is 1.70. The predicted molar refractivity (Wildman–Crippen MR) is 96.9 cm³/mol. The Bertz CT molecular complexity index is 731. The van der Waals surface area contributed by atoms with E-state index in [1.54, 1.807) is 0 Å². The van der Waals surface area contributed by atoms with Gasteiger partial charge in [-0.25, -0.2) is 8.42 Å². The molecule has 0 saturated carbocycles. The van der Waals surface area contributed by atoms with E-state index in [9.17, 15) is 13.2 Å². The summed E-state index contributed by atoms with van der Waals surface area (Å²) in [6.07, 6.45) is 12.2. The molecule has 0 aromatic carbocycles. The van der Waals surface area contributed by atoms with Crippen LogP contribution >= 0.6 is 0 Å². The smallest absolute Gasteiger partial charge is 0.267 e. The SMILES string of the molecule is O=C(NCCC1=CCCCC1)c1cc(S(=O)(=O)N2CCCCC2)c[nH]1. The van der Waals surface area contributed by atoms with E-state index in [0.29, 0.717) is 25.3 Å². The van der Waals surface area contributed by atoms with Crippen LogP contribution in [0.4, 0.5) is 0 Å². The number of carbonyl (C=O) groups excluding carboxylic acids is 1. The van der Waals surface area contributed by atoms with Crippen molar-refractivity contribution in [2.45, 2.75) is 56.3 Å². The van der Waals surface area contributed by atoms with Crippen molar-refractivity contribution in [3.8, 4) is 0 Å². The van der Waals surface area contributed by atoms with Crippen LogP contribution in [0, 0.1) is 0 Å². The maximum absolute atomic E-state index is 12.6. The van der Waals surface area contributed by atoms with E-state index in [1.807, 2.05) is 0 Å². The first-order valence-corrected chi connectivity index (χ1v) is 10.7. The number of nitrogens with one attached hydrogen (secondary N) is 2. The molecular formula is C18H27N3O3S. The summed E-state index contributed by atoms with van der Waals surface area (Å²) in [4.78, 5) is 15.2. The summed E-state index contributed by atoms with van der Waals surface area (Å²) in [7, 11) is -3.50. The normalized spacial score (nSPS) is 19.4. The van der Waals surface area contributed by atoms with Gasteiger partial charge in [-0.15, -0.1) is 0 Å². The van der Waals surface area contributed by atoms with Crippen molar-refractivity contribution in [1.82, 2.24) is 14.6 Å². The standard InChI is InChI=1S/C18H27N3O3S/c22-18(19-10-9-15-7-3-1-4-8-15)17-13-16(14-20-17)25(23,24)21-11-5-2-6-12-21/h7,13-14,20H,1-6,8-12H2,(H,19,22). The number of carbonyl (C=O) groups is 1. The van der Waals surface area contributed by atoms with Crippen molar-refractivity contribution in [3.63, 3.8) is 0 Å². The number of allylic oxidation sites excluding steroid dienone is 1. The van der Waals surface area contributed by atoms with Gasteiger partial charge in [0, 0.05) is 25.8 Å². The summed E-state index contributed by atoms with van der Waals surface area (Å²) >= 11 is 0. The fourth-order valence-electron chi connectivity index (χ4n) is 3.47. The molecule has 1 aliphatic carbocycles. The molecule has 3 rings (SSSR count). The van der Waals surface area contributed by atoms with Gasteiger partial charge in [-0.1, -0.05) is 18.1 Å². The Morgan fingerprint density at radius 2 is 1.96 bits per heavy atom. The summed E-state index contributed by atoms with van der Waals surface area (Å²) in [6, 6.07) is 1.44. The molecule has 0 atom stereocenters. The zero-order valence-electron chi connectivity index (χ0n) is 14.6. The number of amides is 1. The maximum Gasteiger partial charge on any atom is 0.267 e. The van der Waals surface area contributed by atoms with Crippen LogP contribution in [-0.2, 0) is 10.0 Å². The molecule has 1 aromatic heterocycles. The molecule has 1 aliphatic heterocycles. The molecule has 7 heteroatoms. The second-order valence-electron chi connectivity index (χ2n) is 6.83. The van der Waals surface area contributed by atoms with E-state index >= 15 is 0 Å². The minimum atomic E-state index is -3.50. The molecule has 1 saturated heterocycles. The summed E-state index contributed by atoms with van der Waals surface area (Å²) < 4.78 is 26.7. The fraction of sp³-hybridized carbons (Fsp3) is 0.611. The summed E-state index contributed by atoms with van der Waals surface area (Å²) in [5.41, 5.74) is 1.71. The van der Waals surface area contributed by atoms with Gasteiger partial charge >= 0.3 is 0 Å². The number of piperidine rings is 1. The molecule has 2 heterocycles. The third-order valence-corrected chi connectivity index (χ3v) is 6.85. The van der Waals surface area contributed by atoms with Crippen molar-refractivity contribution in [2.24, 2.45) is 0 Å². The lowest BCUT2D eigenvalue weighted by atomic mass is 9.97. The van der Waals surface area contributed by atoms with Crippen molar-refractivity contribution in [3.05, 3.63) is 29.6 Å². The second-order valence-corrected chi connectivity index (χ2v) is 8.77. The molecule has 6 nitrogen and oxygen atoms in total. The topological polar surface area (TPSA) is 82.3 Å². The molecule has 0 spiro atoms. The average Bonchev–Trinajstić information content (AvgIpc) is 3.14. The van der Waals surface area contributed by atoms with Gasteiger partial charge < -0.3 is 10.3 Å². The molecule has 2 N–H and O–H groups in total. The molecule has 1 amide bonds. The van der Waals surface area contributed by atoms with Crippen LogP contribution in [0.5, 0.6) is 0 Å². The Morgan fingerprint density at radius 3 is 2.68 bits per heavy atom. The number of H-pyrrole nitrogens is 1. The van der Waals surface area contributed by atoms with Crippen LogP contribution in [-0.4, -0.2) is 43.2 Å². The van der Waals surface area contributed by atoms with E-state index in [0.717, 1.165) is 38.5 Å². The van der Waals surface area contributed by atoms with E-state index in [2.05, 4.69) is 16.4 Å². The van der Waals surface area contributed by atoms with Crippen LogP contribution < -0.4 is 5.32 Å². The van der Waals surface area contributed by atoms with Gasteiger partial charge in [0.05, 0.1) is 0 Å². The Labute approximate surface area is 149 Å². The van der Waals surface area contributed by atoms with Crippen LogP contribution in [0.1, 0.15) is 61.9 Å². The fourth-order valence-corrected chi connectivity index (χ4v) is 4.98. The lowest BCUT2D eigenvalue weighted by Gasteiger charge is -2.25. The lowest BCUT2D eigenvalue weighted by molar-refractivity contribution is 0.0949. The minimum Gasteiger partial charge on any atom is -0.356 e. The highest BCUT2D eigenvalue weighted by Gasteiger charge is 2.27. The third kappa shape index (κ3) is 4.52. The predicted octanol–water partition coefficient (Wildman–Crippen LogP) is 2.81. The first kappa shape index (κ1) is 18.2. The molecular weight excluding hydrogens is 338 g/mol. The van der Waals surface area contributed by atoms with Crippen molar-refractivity contribution >= 4 is 15.9 Å². The molecule has 2 aliphatic rings. The van der Waals surface area contributed by atoms with Gasteiger partial charge in [0.15, 0.2) is 0 Å². The van der Waals surface area contributed by atoms with Gasteiger partial charge in [0.1, 0.15) is 10.6 Å². The Hall–Kier alpha value is -1.60. The zero-order valence-corrected chi connectivity index (χ0v) is 15.4. The van der Waals surface area contributed by atoms with E-state index in [-0.39, 0.29) is 10.8 Å². The highest BCUT2D eigenvalue weighted by Crippen LogP contribution is 2.21. The summed E-state index contributed by atoms with van der Waals surface area (Å²) in [5.74, 6) is -0.253. The second kappa shape index (κ2) is 8.19. The largest absolute Gasteiger partial charge is 0.356 e. The number of hydrogen-bond acceptors (Lipinski definition) is 3. The van der Waals surface area contributed by atoms with E-state index in [1.165, 1.54) is 35.0 Å². The van der Waals surface area contributed by atoms with Gasteiger partial charge in [-0.2, -0.15) is 4.31 Å². The van der Waals surface area contributed by atoms with E-state index in [4.69, 9.17) is 0 Å². The molecule has 1 fully saturated rings. The molecule has 138 valence electrons. The minimum absolute atomic E-state index is 0.175. The first-order chi connectivity index (χ1) is 12.1. The molecule has 0 bridgehead atoms. The van der Waals surface area contributed by atoms with Crippen LogP contribution in [0.15, 0.2) is 28.8 Å². The van der Waals surface area contributed by atoms with Crippen LogP contribution in [0.2, 0.25) is 0 Å². The van der Waals surface area contributed by atoms with Gasteiger partial charge in [0.2, 0.25) is 10.0 Å². The lowest BCUT2D eigenvalue weighted by Crippen LogP contribution is -2.35. The number of rotatable bonds is 6. The number of aromatic nitrogens is 1. The Balaban J connectivity index is 1.56. The maximum atomic E-state index is 12.6. The number of hydrogen-bond donors (Lipinski definition) is 2. The average molecular weight is 365 g/mol. The third-order valence-electron chi connectivity index (χ3n) is 4.97. The Morgan fingerprint density at radius 1 is 1.16 bits per heavy atom. The number of aromatic amines is 1. The van der Waals surface area contributed by atoms with Crippen LogP contribution in [0.25, 0.3) is 0 Å². The summed E-state index contributed by atoms with van der Waals surface area (Å²) in [5, 5.41) is 2.87. The number of sulfonamides is 1. The van der Waals surface area contributed by atoms with Gasteiger partial charge in [0.25, 0.3) is 5.91 Å². The highest BCUT2D eigenvalue weighted by atomic mass is 32.2. The number of nitrogens with zero attached hydrogens (tertiary/aromatic N) is 1. The highest BCUT2D eigenvalue weighted by molar-refractivity contribution is 7.89. The molecule has 0 radical (unpaired) electrons. The van der Waals surface area contributed by atoms with Crippen molar-refractivity contribution < 1.29 is 13.2 Å². The quantitative estimate of drug-likeness (QED) is 0.761. The Kier molecular flexibility index (Phi) is 5.96. The molecule has 25 heavy (non-hydrogen) atoms. The van der Waals surface area contributed by atoms with Crippen LogP contribution in [0.3, 0.4) is 0 Å². The van der Waals surface area contributed by atoms with Crippen molar-refractivity contribution in [2.75, 3.05) is 19.6 Å². The van der Waals surface area contributed by atoms with Gasteiger partial charge in [-0.3, -0.25) is 4.79 Å². The molecule has 1 aromatic rings.